The number of nitrogen functional groups attached to an aromatic ring is 1. The first kappa shape index (κ1) is 12.2. The maximum atomic E-state index is 12.4. The standard InChI is InChI=1S/C12H14F3NO/c13-12(14,15)9-4-3-8(11(16)7-9)6-10-2-1-5-17-10/h3-4,7,10H,1-2,5-6,16H2. The predicted molar refractivity (Wildman–Crippen MR) is 58.5 cm³/mol. The summed E-state index contributed by atoms with van der Waals surface area (Å²) in [6.45, 7) is 0.727. The topological polar surface area (TPSA) is 35.2 Å². The second-order valence-electron chi connectivity index (χ2n) is 4.25. The minimum Gasteiger partial charge on any atom is -0.398 e. The zero-order chi connectivity index (χ0) is 12.5. The number of hydrogen-bond acceptors (Lipinski definition) is 2. The van der Waals surface area contributed by atoms with Crippen LogP contribution in [0.5, 0.6) is 0 Å². The number of halogens is 3. The molecule has 1 heterocycles. The van der Waals surface area contributed by atoms with Crippen LogP contribution in [0, 0.1) is 0 Å². The van der Waals surface area contributed by atoms with Gasteiger partial charge in [-0.3, -0.25) is 0 Å². The molecular weight excluding hydrogens is 231 g/mol. The van der Waals surface area contributed by atoms with Gasteiger partial charge in [0.1, 0.15) is 0 Å². The van der Waals surface area contributed by atoms with E-state index in [1.54, 1.807) is 0 Å². The maximum Gasteiger partial charge on any atom is 0.416 e. The number of ether oxygens (including phenoxy) is 1. The number of benzene rings is 1. The Morgan fingerprint density at radius 2 is 2.12 bits per heavy atom. The summed E-state index contributed by atoms with van der Waals surface area (Å²) in [4.78, 5) is 0. The van der Waals surface area contributed by atoms with Crippen molar-refractivity contribution in [3.63, 3.8) is 0 Å². The molecule has 0 bridgehead atoms. The molecule has 1 atom stereocenters. The lowest BCUT2D eigenvalue weighted by atomic mass is 10.0. The molecule has 0 amide bonds. The van der Waals surface area contributed by atoms with Gasteiger partial charge in [-0.05, 0) is 30.5 Å². The van der Waals surface area contributed by atoms with Crippen molar-refractivity contribution >= 4 is 5.69 Å². The van der Waals surface area contributed by atoms with Gasteiger partial charge in [-0.1, -0.05) is 6.07 Å². The van der Waals surface area contributed by atoms with Crippen LogP contribution in [0.3, 0.4) is 0 Å². The first-order chi connectivity index (χ1) is 7.97. The second-order valence-corrected chi connectivity index (χ2v) is 4.25. The molecule has 1 unspecified atom stereocenters. The van der Waals surface area contributed by atoms with Crippen molar-refractivity contribution in [3.05, 3.63) is 29.3 Å². The molecule has 94 valence electrons. The fraction of sp³-hybridized carbons (Fsp3) is 0.500. The summed E-state index contributed by atoms with van der Waals surface area (Å²) >= 11 is 0. The SMILES string of the molecule is Nc1cc(C(F)(F)F)ccc1CC1CCCO1. The van der Waals surface area contributed by atoms with Crippen molar-refractivity contribution in [1.29, 1.82) is 0 Å². The third-order valence-corrected chi connectivity index (χ3v) is 2.94. The fourth-order valence-electron chi connectivity index (χ4n) is 2.01. The Labute approximate surface area is 97.6 Å². The van der Waals surface area contributed by atoms with E-state index >= 15 is 0 Å². The van der Waals surface area contributed by atoms with Gasteiger partial charge in [0.05, 0.1) is 11.7 Å². The van der Waals surface area contributed by atoms with Crippen molar-refractivity contribution in [2.75, 3.05) is 12.3 Å². The van der Waals surface area contributed by atoms with Crippen LogP contribution in [-0.2, 0) is 17.3 Å². The van der Waals surface area contributed by atoms with Crippen LogP contribution < -0.4 is 5.73 Å². The third-order valence-electron chi connectivity index (χ3n) is 2.94. The Morgan fingerprint density at radius 3 is 2.65 bits per heavy atom. The average Bonchev–Trinajstić information content (AvgIpc) is 2.72. The highest BCUT2D eigenvalue weighted by atomic mass is 19.4. The van der Waals surface area contributed by atoms with Gasteiger partial charge in [0, 0.05) is 18.7 Å². The molecule has 0 radical (unpaired) electrons. The third kappa shape index (κ3) is 2.91. The summed E-state index contributed by atoms with van der Waals surface area (Å²) in [7, 11) is 0. The van der Waals surface area contributed by atoms with Gasteiger partial charge >= 0.3 is 6.18 Å². The van der Waals surface area contributed by atoms with Crippen molar-refractivity contribution in [3.8, 4) is 0 Å². The average molecular weight is 245 g/mol. The second kappa shape index (κ2) is 4.56. The van der Waals surface area contributed by atoms with E-state index in [9.17, 15) is 13.2 Å². The number of hydrogen-bond donors (Lipinski definition) is 1. The highest BCUT2D eigenvalue weighted by Crippen LogP contribution is 2.32. The highest BCUT2D eigenvalue weighted by molar-refractivity contribution is 5.50. The van der Waals surface area contributed by atoms with Crippen LogP contribution in [-0.4, -0.2) is 12.7 Å². The lowest BCUT2D eigenvalue weighted by molar-refractivity contribution is -0.137. The molecule has 0 aromatic heterocycles. The van der Waals surface area contributed by atoms with E-state index in [4.69, 9.17) is 10.5 Å². The Morgan fingerprint density at radius 1 is 1.35 bits per heavy atom. The molecule has 1 saturated heterocycles. The van der Waals surface area contributed by atoms with Crippen molar-refractivity contribution in [2.24, 2.45) is 0 Å². The zero-order valence-corrected chi connectivity index (χ0v) is 9.26. The van der Waals surface area contributed by atoms with E-state index < -0.39 is 11.7 Å². The van der Waals surface area contributed by atoms with E-state index in [1.165, 1.54) is 6.07 Å². The normalized spacial score (nSPS) is 20.8. The number of rotatable bonds is 2. The van der Waals surface area contributed by atoms with E-state index in [1.807, 2.05) is 0 Å². The van der Waals surface area contributed by atoms with Crippen LogP contribution in [0.1, 0.15) is 24.0 Å². The molecule has 1 aliphatic heterocycles. The zero-order valence-electron chi connectivity index (χ0n) is 9.26. The minimum atomic E-state index is -4.34. The first-order valence-electron chi connectivity index (χ1n) is 5.54. The van der Waals surface area contributed by atoms with Gasteiger partial charge in [-0.25, -0.2) is 0 Å². The molecule has 1 fully saturated rings. The lowest BCUT2D eigenvalue weighted by Crippen LogP contribution is -2.12. The molecule has 1 aromatic carbocycles. The molecule has 2 N–H and O–H groups in total. The predicted octanol–water partition coefficient (Wildman–Crippen LogP) is 3.01. The van der Waals surface area contributed by atoms with Gasteiger partial charge < -0.3 is 10.5 Å². The summed E-state index contributed by atoms with van der Waals surface area (Å²) in [6.07, 6.45) is -1.71. The Bertz CT molecular complexity index is 397. The minimum absolute atomic E-state index is 0.0917. The van der Waals surface area contributed by atoms with Crippen molar-refractivity contribution < 1.29 is 17.9 Å². The van der Waals surface area contributed by atoms with Crippen LogP contribution in [0.2, 0.25) is 0 Å². The number of nitrogens with two attached hydrogens (primary N) is 1. The molecular formula is C12H14F3NO. The maximum absolute atomic E-state index is 12.4. The largest absolute Gasteiger partial charge is 0.416 e. The molecule has 1 aliphatic rings. The van der Waals surface area contributed by atoms with Gasteiger partial charge in [-0.2, -0.15) is 13.2 Å². The molecule has 1 aromatic rings. The number of anilines is 1. The lowest BCUT2D eigenvalue weighted by Gasteiger charge is -2.13. The Balaban J connectivity index is 2.14. The smallest absolute Gasteiger partial charge is 0.398 e. The summed E-state index contributed by atoms with van der Waals surface area (Å²) in [5.41, 5.74) is 5.85. The quantitative estimate of drug-likeness (QED) is 0.813. The summed E-state index contributed by atoms with van der Waals surface area (Å²) in [6, 6.07) is 3.50. The molecule has 2 rings (SSSR count). The van der Waals surface area contributed by atoms with Gasteiger partial charge in [-0.15, -0.1) is 0 Å². The summed E-state index contributed by atoms with van der Waals surface area (Å²) in [5, 5.41) is 0. The molecule has 2 nitrogen and oxygen atoms in total. The van der Waals surface area contributed by atoms with E-state index in [0.29, 0.717) is 6.42 Å². The highest BCUT2D eigenvalue weighted by Gasteiger charge is 2.31. The van der Waals surface area contributed by atoms with Crippen LogP contribution in [0.15, 0.2) is 18.2 Å². The molecule has 5 heteroatoms. The monoisotopic (exact) mass is 245 g/mol. The molecule has 17 heavy (non-hydrogen) atoms. The summed E-state index contributed by atoms with van der Waals surface area (Å²) in [5.74, 6) is 0. The molecule has 0 spiro atoms. The van der Waals surface area contributed by atoms with E-state index in [2.05, 4.69) is 0 Å². The molecule has 0 aliphatic carbocycles. The van der Waals surface area contributed by atoms with Crippen molar-refractivity contribution in [1.82, 2.24) is 0 Å². The number of alkyl halides is 3. The van der Waals surface area contributed by atoms with Crippen molar-refractivity contribution in [2.45, 2.75) is 31.5 Å². The van der Waals surface area contributed by atoms with Gasteiger partial charge in [0.25, 0.3) is 0 Å². The van der Waals surface area contributed by atoms with E-state index in [0.717, 1.165) is 37.1 Å². The van der Waals surface area contributed by atoms with Crippen LogP contribution >= 0.6 is 0 Å². The van der Waals surface area contributed by atoms with Crippen LogP contribution in [0.4, 0.5) is 18.9 Å². The molecule has 0 saturated carbocycles. The Kier molecular flexibility index (Phi) is 3.28. The van der Waals surface area contributed by atoms with Crippen LogP contribution in [0.25, 0.3) is 0 Å². The Hall–Kier alpha value is -1.23. The van der Waals surface area contributed by atoms with Gasteiger partial charge in [0.15, 0.2) is 0 Å². The van der Waals surface area contributed by atoms with Gasteiger partial charge in [0.2, 0.25) is 0 Å². The first-order valence-corrected chi connectivity index (χ1v) is 5.54. The van der Waals surface area contributed by atoms with E-state index in [-0.39, 0.29) is 11.8 Å². The fourth-order valence-corrected chi connectivity index (χ4v) is 2.01. The summed E-state index contributed by atoms with van der Waals surface area (Å²) < 4.78 is 42.7.